The van der Waals surface area contributed by atoms with Gasteiger partial charge in [0.15, 0.2) is 0 Å². The summed E-state index contributed by atoms with van der Waals surface area (Å²) < 4.78 is 0. The van der Waals surface area contributed by atoms with Crippen LogP contribution in [0.5, 0.6) is 0 Å². The molecule has 1 fully saturated rings. The fourth-order valence-electron chi connectivity index (χ4n) is 3.60. The van der Waals surface area contributed by atoms with Gasteiger partial charge in [0.1, 0.15) is 0 Å². The normalized spacial score (nSPS) is 16.4. The van der Waals surface area contributed by atoms with Gasteiger partial charge in [0.2, 0.25) is 5.91 Å². The molecule has 1 aliphatic rings. The van der Waals surface area contributed by atoms with Crippen LogP contribution in [0.4, 0.5) is 5.69 Å². The monoisotopic (exact) mass is 408 g/mol. The fraction of sp³-hybridized carbons (Fsp3) is 0.227. The molecule has 0 radical (unpaired) electrons. The first-order valence-electron chi connectivity index (χ1n) is 9.56. The Balaban J connectivity index is 1.48. The highest BCUT2D eigenvalue weighted by atomic mass is 35.5. The molecule has 0 bridgehead atoms. The molecule has 0 saturated carbocycles. The number of hydrogen-bond donors (Lipinski definition) is 2. The first kappa shape index (κ1) is 19.2. The van der Waals surface area contributed by atoms with E-state index >= 15 is 0 Å². The minimum Gasteiger partial charge on any atom is -0.338 e. The second-order valence-electron chi connectivity index (χ2n) is 7.11. The summed E-state index contributed by atoms with van der Waals surface area (Å²) in [4.78, 5) is 27.6. The topological polar surface area (TPSA) is 78.1 Å². The SMILES string of the molecule is O=C(Nc1ccccc1)C1CCCN(C(=O)c2cn[nH]c2-c2ccc(Cl)cc2)C1. The number of benzene rings is 2. The van der Waals surface area contributed by atoms with Crippen LogP contribution in [0, 0.1) is 5.92 Å². The molecular formula is C22H21ClN4O2. The van der Waals surface area contributed by atoms with Gasteiger partial charge in [-0.2, -0.15) is 5.10 Å². The van der Waals surface area contributed by atoms with Crippen LogP contribution in [0.25, 0.3) is 11.3 Å². The number of nitrogens with zero attached hydrogens (tertiary/aromatic N) is 2. The van der Waals surface area contributed by atoms with Crippen molar-refractivity contribution in [3.05, 3.63) is 71.4 Å². The number of para-hydroxylation sites is 1. The Morgan fingerprint density at radius 2 is 1.86 bits per heavy atom. The highest BCUT2D eigenvalue weighted by molar-refractivity contribution is 6.30. The van der Waals surface area contributed by atoms with Gasteiger partial charge in [-0.25, -0.2) is 0 Å². The third-order valence-corrected chi connectivity index (χ3v) is 5.38. The van der Waals surface area contributed by atoms with E-state index in [2.05, 4.69) is 15.5 Å². The summed E-state index contributed by atoms with van der Waals surface area (Å²) in [5.74, 6) is -0.418. The molecule has 0 spiro atoms. The number of anilines is 1. The van der Waals surface area contributed by atoms with Crippen LogP contribution >= 0.6 is 11.6 Å². The van der Waals surface area contributed by atoms with E-state index in [1.807, 2.05) is 42.5 Å². The Morgan fingerprint density at radius 1 is 1.10 bits per heavy atom. The van der Waals surface area contributed by atoms with E-state index in [1.165, 1.54) is 0 Å². The summed E-state index contributed by atoms with van der Waals surface area (Å²) in [6, 6.07) is 16.6. The molecule has 2 N–H and O–H groups in total. The zero-order chi connectivity index (χ0) is 20.2. The van der Waals surface area contributed by atoms with Gasteiger partial charge in [-0.1, -0.05) is 41.9 Å². The van der Waals surface area contributed by atoms with E-state index in [4.69, 9.17) is 11.6 Å². The molecule has 1 unspecified atom stereocenters. The lowest BCUT2D eigenvalue weighted by Gasteiger charge is -2.32. The molecule has 1 atom stereocenters. The first-order valence-corrected chi connectivity index (χ1v) is 9.94. The maximum Gasteiger partial charge on any atom is 0.257 e. The molecule has 0 aliphatic carbocycles. The second kappa shape index (κ2) is 8.49. The number of likely N-dealkylation sites (tertiary alicyclic amines) is 1. The number of hydrogen-bond acceptors (Lipinski definition) is 3. The third-order valence-electron chi connectivity index (χ3n) is 5.12. The molecule has 4 rings (SSSR count). The van der Waals surface area contributed by atoms with Gasteiger partial charge in [0.25, 0.3) is 5.91 Å². The van der Waals surface area contributed by atoms with E-state index in [0.29, 0.717) is 29.4 Å². The summed E-state index contributed by atoms with van der Waals surface area (Å²) in [5.41, 5.74) is 2.76. The Labute approximate surface area is 173 Å². The van der Waals surface area contributed by atoms with Crippen molar-refractivity contribution in [3.63, 3.8) is 0 Å². The molecule has 7 heteroatoms. The molecule has 1 saturated heterocycles. The summed E-state index contributed by atoms with van der Waals surface area (Å²) in [6.07, 6.45) is 3.09. The van der Waals surface area contributed by atoms with Crippen LogP contribution in [0.15, 0.2) is 60.8 Å². The minimum atomic E-state index is -0.237. The Hall–Kier alpha value is -3.12. The summed E-state index contributed by atoms with van der Waals surface area (Å²) in [7, 11) is 0. The highest BCUT2D eigenvalue weighted by Crippen LogP contribution is 2.26. The smallest absolute Gasteiger partial charge is 0.257 e. The lowest BCUT2D eigenvalue weighted by molar-refractivity contribution is -0.121. The van der Waals surface area contributed by atoms with Crippen LogP contribution in [0.2, 0.25) is 5.02 Å². The zero-order valence-corrected chi connectivity index (χ0v) is 16.5. The summed E-state index contributed by atoms with van der Waals surface area (Å²) in [6.45, 7) is 1.02. The number of aromatic nitrogens is 2. The second-order valence-corrected chi connectivity index (χ2v) is 7.55. The van der Waals surface area contributed by atoms with Crippen LogP contribution in [0.3, 0.4) is 0 Å². The highest BCUT2D eigenvalue weighted by Gasteiger charge is 2.30. The Morgan fingerprint density at radius 3 is 2.62 bits per heavy atom. The molecule has 2 heterocycles. The quantitative estimate of drug-likeness (QED) is 0.678. The standard InChI is InChI=1S/C22H21ClN4O2/c23-17-10-8-15(9-11-17)20-19(13-24-26-20)22(29)27-12-4-5-16(14-27)21(28)25-18-6-2-1-3-7-18/h1-3,6-11,13,16H,4-5,12,14H2,(H,24,26)(H,25,28). The predicted octanol–water partition coefficient (Wildman–Crippen LogP) is 4.22. The molecule has 2 amide bonds. The van der Waals surface area contributed by atoms with E-state index in [1.54, 1.807) is 23.2 Å². The van der Waals surface area contributed by atoms with Crippen LogP contribution in [-0.2, 0) is 4.79 Å². The molecule has 1 aromatic heterocycles. The van der Waals surface area contributed by atoms with Gasteiger partial charge in [-0.05, 0) is 37.1 Å². The number of carbonyl (C=O) groups excluding carboxylic acids is 2. The molecule has 29 heavy (non-hydrogen) atoms. The van der Waals surface area contributed by atoms with E-state index in [0.717, 1.165) is 24.1 Å². The van der Waals surface area contributed by atoms with Crippen molar-refractivity contribution < 1.29 is 9.59 Å². The van der Waals surface area contributed by atoms with Crippen LogP contribution in [-0.4, -0.2) is 40.0 Å². The van der Waals surface area contributed by atoms with Crippen molar-refractivity contribution in [2.45, 2.75) is 12.8 Å². The van der Waals surface area contributed by atoms with Crippen molar-refractivity contribution in [2.75, 3.05) is 18.4 Å². The number of rotatable bonds is 4. The van der Waals surface area contributed by atoms with Crippen LogP contribution in [0.1, 0.15) is 23.2 Å². The zero-order valence-electron chi connectivity index (χ0n) is 15.8. The largest absolute Gasteiger partial charge is 0.338 e. The van der Waals surface area contributed by atoms with Crippen LogP contribution < -0.4 is 5.32 Å². The average molecular weight is 409 g/mol. The third kappa shape index (κ3) is 4.32. The molecule has 2 aromatic carbocycles. The maximum atomic E-state index is 13.2. The maximum absolute atomic E-state index is 13.2. The Kier molecular flexibility index (Phi) is 5.62. The molecule has 3 aromatic rings. The van der Waals surface area contributed by atoms with E-state index in [9.17, 15) is 9.59 Å². The fourth-order valence-corrected chi connectivity index (χ4v) is 3.72. The molecule has 6 nitrogen and oxygen atoms in total. The van der Waals surface area contributed by atoms with Crippen molar-refractivity contribution in [2.24, 2.45) is 5.92 Å². The number of piperidine rings is 1. The van der Waals surface area contributed by atoms with Crippen molar-refractivity contribution in [1.29, 1.82) is 0 Å². The molecular weight excluding hydrogens is 388 g/mol. The predicted molar refractivity (Wildman–Crippen MR) is 113 cm³/mol. The number of carbonyl (C=O) groups is 2. The molecule has 148 valence electrons. The number of nitrogens with one attached hydrogen (secondary N) is 2. The Bertz CT molecular complexity index is 1000. The number of aromatic amines is 1. The van der Waals surface area contributed by atoms with Gasteiger partial charge in [0.05, 0.1) is 23.4 Å². The average Bonchev–Trinajstić information content (AvgIpc) is 3.24. The summed E-state index contributed by atoms with van der Waals surface area (Å²) >= 11 is 5.96. The lowest BCUT2D eigenvalue weighted by Crippen LogP contribution is -2.43. The minimum absolute atomic E-state index is 0.0566. The summed E-state index contributed by atoms with van der Waals surface area (Å²) in [5, 5.41) is 10.5. The number of amides is 2. The van der Waals surface area contributed by atoms with Gasteiger partial charge in [-0.15, -0.1) is 0 Å². The van der Waals surface area contributed by atoms with E-state index < -0.39 is 0 Å². The van der Waals surface area contributed by atoms with Gasteiger partial charge >= 0.3 is 0 Å². The lowest BCUT2D eigenvalue weighted by atomic mass is 9.96. The first-order chi connectivity index (χ1) is 14.1. The number of H-pyrrole nitrogens is 1. The van der Waals surface area contributed by atoms with Gasteiger partial charge in [0, 0.05) is 29.4 Å². The van der Waals surface area contributed by atoms with Gasteiger partial charge in [-0.3, -0.25) is 14.7 Å². The van der Waals surface area contributed by atoms with Crippen molar-refractivity contribution in [3.8, 4) is 11.3 Å². The van der Waals surface area contributed by atoms with Crippen molar-refractivity contribution in [1.82, 2.24) is 15.1 Å². The molecule has 1 aliphatic heterocycles. The van der Waals surface area contributed by atoms with Gasteiger partial charge < -0.3 is 10.2 Å². The number of halogens is 1. The van der Waals surface area contributed by atoms with Crippen molar-refractivity contribution >= 4 is 29.1 Å². The van der Waals surface area contributed by atoms with E-state index in [-0.39, 0.29) is 17.7 Å².